The number of nitrogens with zero attached hydrogens (tertiary/aromatic N) is 2. The van der Waals surface area contributed by atoms with Crippen molar-refractivity contribution in [2.75, 3.05) is 24.2 Å². The minimum Gasteiger partial charge on any atom is -0.497 e. The van der Waals surface area contributed by atoms with E-state index in [-0.39, 0.29) is 18.5 Å². The van der Waals surface area contributed by atoms with Crippen LogP contribution in [0.15, 0.2) is 48.5 Å². The lowest BCUT2D eigenvalue weighted by molar-refractivity contribution is -0.140. The lowest BCUT2D eigenvalue weighted by atomic mass is 10.1. The van der Waals surface area contributed by atoms with Gasteiger partial charge in [-0.2, -0.15) is 0 Å². The Balaban J connectivity index is 2.45. The molecule has 8 nitrogen and oxygen atoms in total. The van der Waals surface area contributed by atoms with Gasteiger partial charge >= 0.3 is 0 Å². The molecule has 2 aromatic rings. The summed E-state index contributed by atoms with van der Waals surface area (Å²) >= 11 is 0. The summed E-state index contributed by atoms with van der Waals surface area (Å²) in [5, 5.41) is 2.96. The largest absolute Gasteiger partial charge is 0.497 e. The van der Waals surface area contributed by atoms with E-state index >= 15 is 0 Å². The molecule has 0 aliphatic rings. The Bertz CT molecular complexity index is 1120. The number of hydrogen-bond donors (Lipinski definition) is 1. The van der Waals surface area contributed by atoms with Crippen molar-refractivity contribution in [3.63, 3.8) is 0 Å². The predicted molar refractivity (Wildman–Crippen MR) is 139 cm³/mol. The molecule has 0 aromatic heterocycles. The van der Waals surface area contributed by atoms with Crippen LogP contribution in [0.5, 0.6) is 5.75 Å². The Hall–Kier alpha value is -3.07. The highest BCUT2D eigenvalue weighted by Crippen LogP contribution is 2.24. The van der Waals surface area contributed by atoms with Crippen molar-refractivity contribution >= 4 is 27.5 Å². The van der Waals surface area contributed by atoms with Gasteiger partial charge in [0.25, 0.3) is 0 Å². The van der Waals surface area contributed by atoms with Crippen molar-refractivity contribution in [3.05, 3.63) is 59.7 Å². The van der Waals surface area contributed by atoms with Gasteiger partial charge in [-0.05, 0) is 44.4 Å². The molecule has 0 heterocycles. The maximum absolute atomic E-state index is 13.7. The van der Waals surface area contributed by atoms with Crippen molar-refractivity contribution in [2.45, 2.75) is 59.2 Å². The first-order valence-electron chi connectivity index (χ1n) is 11.8. The van der Waals surface area contributed by atoms with Crippen LogP contribution in [0.2, 0.25) is 0 Å². The molecule has 2 rings (SSSR count). The summed E-state index contributed by atoms with van der Waals surface area (Å²) in [7, 11) is -2.31. The number of carbonyl (C=O) groups is 2. The molecule has 35 heavy (non-hydrogen) atoms. The minimum absolute atomic E-state index is 0.0447. The van der Waals surface area contributed by atoms with Crippen molar-refractivity contribution < 1.29 is 22.7 Å². The molecule has 0 saturated carbocycles. The zero-order chi connectivity index (χ0) is 26.2. The van der Waals surface area contributed by atoms with E-state index in [2.05, 4.69) is 5.32 Å². The molecule has 0 aliphatic heterocycles. The normalized spacial score (nSPS) is 13.0. The quantitative estimate of drug-likeness (QED) is 0.478. The van der Waals surface area contributed by atoms with Gasteiger partial charge in [0.05, 0.1) is 19.1 Å². The molecule has 0 radical (unpaired) electrons. The number of aryl methyl sites for hydroxylation is 1. The first kappa shape index (κ1) is 28.2. The number of hydrogen-bond acceptors (Lipinski definition) is 5. The molecule has 0 unspecified atom stereocenters. The van der Waals surface area contributed by atoms with E-state index in [1.807, 2.05) is 52.0 Å². The Morgan fingerprint density at radius 2 is 1.74 bits per heavy atom. The molecule has 0 aliphatic carbocycles. The second kappa shape index (κ2) is 12.6. The lowest BCUT2D eigenvalue weighted by Crippen LogP contribution is -2.53. The Kier molecular flexibility index (Phi) is 10.1. The summed E-state index contributed by atoms with van der Waals surface area (Å²) in [5.74, 6) is -0.249. The van der Waals surface area contributed by atoms with Gasteiger partial charge in [-0.3, -0.25) is 13.9 Å². The van der Waals surface area contributed by atoms with E-state index in [1.165, 1.54) is 12.0 Å². The summed E-state index contributed by atoms with van der Waals surface area (Å²) in [4.78, 5) is 28.3. The summed E-state index contributed by atoms with van der Waals surface area (Å²) in [6.07, 6.45) is 2.20. The molecule has 0 saturated heterocycles. The molecule has 9 heteroatoms. The van der Waals surface area contributed by atoms with Crippen LogP contribution in [0.4, 0.5) is 5.69 Å². The second-order valence-corrected chi connectivity index (χ2v) is 10.6. The third-order valence-electron chi connectivity index (χ3n) is 5.84. The maximum Gasteiger partial charge on any atom is 0.244 e. The van der Waals surface area contributed by atoms with E-state index in [4.69, 9.17) is 4.74 Å². The number of sulfonamides is 1. The van der Waals surface area contributed by atoms with Crippen LogP contribution in [-0.2, 0) is 26.2 Å². The zero-order valence-corrected chi connectivity index (χ0v) is 22.3. The Morgan fingerprint density at radius 3 is 2.31 bits per heavy atom. The number of rotatable bonds is 12. The number of amides is 2. The van der Waals surface area contributed by atoms with Crippen LogP contribution in [0.1, 0.15) is 44.7 Å². The van der Waals surface area contributed by atoms with Crippen LogP contribution in [0.3, 0.4) is 0 Å². The molecular formula is C26H37N3O5S. The van der Waals surface area contributed by atoms with E-state index < -0.39 is 28.5 Å². The van der Waals surface area contributed by atoms with E-state index in [0.29, 0.717) is 17.9 Å². The summed E-state index contributed by atoms with van der Waals surface area (Å²) < 4.78 is 31.6. The molecule has 0 spiro atoms. The smallest absolute Gasteiger partial charge is 0.244 e. The molecule has 2 amide bonds. The molecule has 0 bridgehead atoms. The van der Waals surface area contributed by atoms with Gasteiger partial charge in [0, 0.05) is 18.7 Å². The van der Waals surface area contributed by atoms with Gasteiger partial charge in [-0.15, -0.1) is 0 Å². The number of methoxy groups -OCH3 is 1. The van der Waals surface area contributed by atoms with Crippen molar-refractivity contribution in [1.29, 1.82) is 0 Å². The van der Waals surface area contributed by atoms with Crippen molar-refractivity contribution in [2.24, 2.45) is 0 Å². The topological polar surface area (TPSA) is 96.0 Å². The van der Waals surface area contributed by atoms with Gasteiger partial charge in [0.1, 0.15) is 18.3 Å². The lowest BCUT2D eigenvalue weighted by Gasteiger charge is -2.33. The van der Waals surface area contributed by atoms with Gasteiger partial charge in [-0.1, -0.05) is 49.7 Å². The van der Waals surface area contributed by atoms with E-state index in [9.17, 15) is 18.0 Å². The number of anilines is 1. The number of carbonyl (C=O) groups excluding carboxylic acids is 2. The fourth-order valence-corrected chi connectivity index (χ4v) is 4.59. The Labute approximate surface area is 209 Å². The van der Waals surface area contributed by atoms with Crippen LogP contribution < -0.4 is 14.4 Å². The predicted octanol–water partition coefficient (Wildman–Crippen LogP) is 3.49. The summed E-state index contributed by atoms with van der Waals surface area (Å²) in [5.41, 5.74) is 2.20. The molecule has 192 valence electrons. The third-order valence-corrected chi connectivity index (χ3v) is 6.98. The number of nitrogens with one attached hydrogen (secondary N) is 1. The zero-order valence-electron chi connectivity index (χ0n) is 21.4. The summed E-state index contributed by atoms with van der Waals surface area (Å²) in [6.45, 7) is 7.42. The standard InChI is InChI=1S/C26H37N3O5S/c1-7-20(4)27-26(31)24(8-2)28(17-21-12-9-11-19(3)15-21)25(30)18-29(35(6,32)33)22-13-10-14-23(16-22)34-5/h9-16,20,24H,7-8,17-18H2,1-6H3,(H,27,31)/t20-,24+/m0/s1. The van der Waals surface area contributed by atoms with Gasteiger partial charge in [-0.25, -0.2) is 8.42 Å². The highest BCUT2D eigenvalue weighted by molar-refractivity contribution is 7.92. The highest BCUT2D eigenvalue weighted by Gasteiger charge is 2.32. The number of ether oxygens (including phenoxy) is 1. The minimum atomic E-state index is -3.80. The highest BCUT2D eigenvalue weighted by atomic mass is 32.2. The molecule has 2 aromatic carbocycles. The molecule has 1 N–H and O–H groups in total. The van der Waals surface area contributed by atoms with Crippen LogP contribution in [-0.4, -0.2) is 57.1 Å². The maximum atomic E-state index is 13.7. The van der Waals surface area contributed by atoms with Gasteiger partial charge < -0.3 is 15.0 Å². The first-order valence-corrected chi connectivity index (χ1v) is 13.6. The molecule has 0 fully saturated rings. The SMILES string of the molecule is CC[C@H](C(=O)N[C@@H](C)CC)N(Cc1cccc(C)c1)C(=O)CN(c1cccc(OC)c1)S(C)(=O)=O. The van der Waals surface area contributed by atoms with Crippen molar-refractivity contribution in [3.8, 4) is 5.75 Å². The van der Waals surface area contributed by atoms with Crippen LogP contribution in [0, 0.1) is 6.92 Å². The average molecular weight is 504 g/mol. The fourth-order valence-electron chi connectivity index (χ4n) is 3.75. The van der Waals surface area contributed by atoms with Crippen LogP contribution >= 0.6 is 0 Å². The van der Waals surface area contributed by atoms with E-state index in [1.54, 1.807) is 24.3 Å². The molecular weight excluding hydrogens is 466 g/mol. The van der Waals surface area contributed by atoms with Crippen LogP contribution in [0.25, 0.3) is 0 Å². The second-order valence-electron chi connectivity index (χ2n) is 8.72. The number of benzene rings is 2. The fraction of sp³-hybridized carbons (Fsp3) is 0.462. The average Bonchev–Trinajstić information content (AvgIpc) is 2.81. The van der Waals surface area contributed by atoms with Gasteiger partial charge in [0.15, 0.2) is 0 Å². The third kappa shape index (κ3) is 7.99. The Morgan fingerprint density at radius 1 is 1.06 bits per heavy atom. The summed E-state index contributed by atoms with van der Waals surface area (Å²) in [6, 6.07) is 13.4. The first-order chi connectivity index (χ1) is 16.5. The van der Waals surface area contributed by atoms with E-state index in [0.717, 1.165) is 28.1 Å². The molecule has 2 atom stereocenters. The monoisotopic (exact) mass is 503 g/mol. The van der Waals surface area contributed by atoms with Gasteiger partial charge in [0.2, 0.25) is 21.8 Å². The van der Waals surface area contributed by atoms with Crippen molar-refractivity contribution in [1.82, 2.24) is 10.2 Å².